The molecule has 2 heterocycles. The lowest BCUT2D eigenvalue weighted by Crippen LogP contribution is -2.59. The van der Waals surface area contributed by atoms with Crippen molar-refractivity contribution in [2.24, 2.45) is 0 Å². The molecular weight excluding hydrogens is 248 g/mol. The minimum Gasteiger partial charge on any atom is -0.454 e. The van der Waals surface area contributed by atoms with E-state index in [-0.39, 0.29) is 6.42 Å². The normalized spacial score (nSPS) is 37.2. The topological polar surface area (TPSA) is 65.0 Å². The van der Waals surface area contributed by atoms with E-state index in [0.717, 1.165) is 5.56 Å². The van der Waals surface area contributed by atoms with E-state index in [9.17, 15) is 9.90 Å². The summed E-state index contributed by atoms with van der Waals surface area (Å²) in [7, 11) is 1.43. The van der Waals surface area contributed by atoms with Crippen molar-refractivity contribution in [3.05, 3.63) is 35.9 Å². The molecule has 1 N–H and O–H groups in total. The van der Waals surface area contributed by atoms with Gasteiger partial charge in [-0.3, -0.25) is 0 Å². The predicted octanol–water partition coefficient (Wildman–Crippen LogP) is 0.649. The third kappa shape index (κ3) is 1.62. The summed E-state index contributed by atoms with van der Waals surface area (Å²) in [5.74, 6) is -2.07. The zero-order chi connectivity index (χ0) is 13.5. The Morgan fingerprint density at radius 3 is 2.84 bits per heavy atom. The number of ether oxygens (including phenoxy) is 3. The number of hydrogen-bond donors (Lipinski definition) is 1. The van der Waals surface area contributed by atoms with Crippen LogP contribution < -0.4 is 0 Å². The smallest absolute Gasteiger partial charge is 0.344 e. The maximum Gasteiger partial charge on any atom is 0.344 e. The lowest BCUT2D eigenvalue weighted by Gasteiger charge is -2.35. The molecule has 3 rings (SSSR count). The van der Waals surface area contributed by atoms with Crippen molar-refractivity contribution in [2.75, 3.05) is 13.7 Å². The molecule has 1 aromatic carbocycles. The quantitative estimate of drug-likeness (QED) is 0.812. The number of benzene rings is 1. The van der Waals surface area contributed by atoms with Crippen molar-refractivity contribution in [1.29, 1.82) is 0 Å². The monoisotopic (exact) mass is 264 g/mol. The highest BCUT2D eigenvalue weighted by atomic mass is 16.8. The van der Waals surface area contributed by atoms with E-state index in [1.54, 1.807) is 0 Å². The Balaban J connectivity index is 1.98. The van der Waals surface area contributed by atoms with Crippen LogP contribution in [0.1, 0.15) is 12.0 Å². The fourth-order valence-corrected chi connectivity index (χ4v) is 2.94. The lowest BCUT2D eigenvalue weighted by atomic mass is 9.85. The highest BCUT2D eigenvalue weighted by Crippen LogP contribution is 2.46. The molecule has 5 heteroatoms. The summed E-state index contributed by atoms with van der Waals surface area (Å²) in [6, 6.07) is 9.27. The third-order valence-electron chi connectivity index (χ3n) is 3.89. The SMILES string of the molecule is CO[C@]12OCC[C@H]1OC(=O)[C@@]2(O)Cc1ccccc1. The lowest BCUT2D eigenvalue weighted by molar-refractivity contribution is -0.276. The van der Waals surface area contributed by atoms with Crippen molar-refractivity contribution in [3.8, 4) is 0 Å². The number of esters is 1. The summed E-state index contributed by atoms with van der Waals surface area (Å²) in [6.45, 7) is 0.406. The van der Waals surface area contributed by atoms with E-state index in [4.69, 9.17) is 14.2 Å². The first kappa shape index (κ1) is 12.6. The molecule has 0 saturated carbocycles. The number of rotatable bonds is 3. The van der Waals surface area contributed by atoms with Crippen molar-refractivity contribution >= 4 is 5.97 Å². The van der Waals surface area contributed by atoms with Crippen LogP contribution in [-0.4, -0.2) is 42.3 Å². The molecule has 0 aliphatic carbocycles. The number of methoxy groups -OCH3 is 1. The van der Waals surface area contributed by atoms with Gasteiger partial charge < -0.3 is 19.3 Å². The van der Waals surface area contributed by atoms with Gasteiger partial charge in [-0.1, -0.05) is 30.3 Å². The molecule has 2 fully saturated rings. The number of carbonyl (C=O) groups excluding carboxylic acids is 1. The summed E-state index contributed by atoms with van der Waals surface area (Å²) in [6.07, 6.45) is 0.104. The number of fused-ring (bicyclic) bond motifs is 1. The van der Waals surface area contributed by atoms with Gasteiger partial charge in [0.1, 0.15) is 0 Å². The molecule has 0 aromatic heterocycles. The summed E-state index contributed by atoms with van der Waals surface area (Å²) >= 11 is 0. The molecule has 0 radical (unpaired) electrons. The Bertz CT molecular complexity index is 488. The minimum atomic E-state index is -1.80. The third-order valence-corrected chi connectivity index (χ3v) is 3.89. The van der Waals surface area contributed by atoms with Gasteiger partial charge in [-0.2, -0.15) is 0 Å². The summed E-state index contributed by atoms with van der Waals surface area (Å²) in [4.78, 5) is 12.0. The van der Waals surface area contributed by atoms with Gasteiger partial charge in [0.2, 0.25) is 11.4 Å². The second-order valence-corrected chi connectivity index (χ2v) is 4.93. The van der Waals surface area contributed by atoms with Gasteiger partial charge in [0.15, 0.2) is 6.10 Å². The first-order valence-corrected chi connectivity index (χ1v) is 6.29. The maximum atomic E-state index is 12.0. The van der Waals surface area contributed by atoms with E-state index in [1.807, 2.05) is 30.3 Å². The van der Waals surface area contributed by atoms with E-state index >= 15 is 0 Å². The van der Waals surface area contributed by atoms with Crippen LogP contribution in [0.15, 0.2) is 30.3 Å². The molecule has 1 aromatic rings. The first-order chi connectivity index (χ1) is 9.12. The summed E-state index contributed by atoms with van der Waals surface area (Å²) < 4.78 is 16.1. The van der Waals surface area contributed by atoms with Gasteiger partial charge in [-0.05, 0) is 5.56 Å². The van der Waals surface area contributed by atoms with Crippen LogP contribution in [0.4, 0.5) is 0 Å². The van der Waals surface area contributed by atoms with Crippen LogP contribution in [0.25, 0.3) is 0 Å². The average Bonchev–Trinajstić information content (AvgIpc) is 2.91. The van der Waals surface area contributed by atoms with Gasteiger partial charge in [-0.15, -0.1) is 0 Å². The van der Waals surface area contributed by atoms with Crippen LogP contribution in [0, 0.1) is 0 Å². The minimum absolute atomic E-state index is 0.108. The van der Waals surface area contributed by atoms with Crippen LogP contribution in [0.5, 0.6) is 0 Å². The predicted molar refractivity (Wildman–Crippen MR) is 65.3 cm³/mol. The fraction of sp³-hybridized carbons (Fsp3) is 0.500. The second kappa shape index (κ2) is 4.30. The number of aliphatic hydroxyl groups is 1. The van der Waals surface area contributed by atoms with E-state index < -0.39 is 23.5 Å². The van der Waals surface area contributed by atoms with Gasteiger partial charge in [-0.25, -0.2) is 4.79 Å². The molecule has 0 spiro atoms. The molecule has 2 aliphatic heterocycles. The fourth-order valence-electron chi connectivity index (χ4n) is 2.94. The van der Waals surface area contributed by atoms with Crippen molar-refractivity contribution in [2.45, 2.75) is 30.3 Å². The van der Waals surface area contributed by atoms with Gasteiger partial charge >= 0.3 is 5.97 Å². The highest BCUT2D eigenvalue weighted by Gasteiger charge is 2.71. The molecule has 5 nitrogen and oxygen atoms in total. The Morgan fingerprint density at radius 2 is 2.16 bits per heavy atom. The van der Waals surface area contributed by atoms with Crippen molar-refractivity contribution in [1.82, 2.24) is 0 Å². The molecular formula is C14H16O5. The number of carbonyl (C=O) groups is 1. The van der Waals surface area contributed by atoms with Crippen LogP contribution in [0.2, 0.25) is 0 Å². The van der Waals surface area contributed by atoms with Gasteiger partial charge in [0, 0.05) is 20.0 Å². The highest BCUT2D eigenvalue weighted by molar-refractivity contribution is 5.84. The van der Waals surface area contributed by atoms with Crippen LogP contribution in [-0.2, 0) is 25.4 Å². The van der Waals surface area contributed by atoms with Gasteiger partial charge in [0.25, 0.3) is 0 Å². The van der Waals surface area contributed by atoms with Crippen molar-refractivity contribution in [3.63, 3.8) is 0 Å². The first-order valence-electron chi connectivity index (χ1n) is 6.29. The molecule has 2 saturated heterocycles. The van der Waals surface area contributed by atoms with E-state index in [2.05, 4.69) is 0 Å². The Kier molecular flexibility index (Phi) is 2.85. The summed E-state index contributed by atoms with van der Waals surface area (Å²) in [5.41, 5.74) is -0.973. The second-order valence-electron chi connectivity index (χ2n) is 4.93. The molecule has 3 atom stereocenters. The van der Waals surface area contributed by atoms with Crippen LogP contribution in [0.3, 0.4) is 0 Å². The molecule has 0 bridgehead atoms. The Hall–Kier alpha value is -1.43. The Morgan fingerprint density at radius 1 is 1.42 bits per heavy atom. The Labute approximate surface area is 111 Å². The zero-order valence-electron chi connectivity index (χ0n) is 10.7. The molecule has 0 unspecified atom stereocenters. The molecule has 0 amide bonds. The van der Waals surface area contributed by atoms with E-state index in [0.29, 0.717) is 13.0 Å². The molecule has 2 aliphatic rings. The summed E-state index contributed by atoms with van der Waals surface area (Å²) in [5, 5.41) is 10.8. The van der Waals surface area contributed by atoms with Crippen LogP contribution >= 0.6 is 0 Å². The zero-order valence-corrected chi connectivity index (χ0v) is 10.7. The largest absolute Gasteiger partial charge is 0.454 e. The standard InChI is InChI=1S/C14H16O5/c1-17-14-11(7-8-18-14)19-12(15)13(14,16)9-10-5-3-2-4-6-10/h2-6,11,16H,7-9H2,1H3/t11-,13+,14+/m1/s1. The number of hydrogen-bond acceptors (Lipinski definition) is 5. The maximum absolute atomic E-state index is 12.0. The van der Waals surface area contributed by atoms with E-state index in [1.165, 1.54) is 7.11 Å². The van der Waals surface area contributed by atoms with Crippen molar-refractivity contribution < 1.29 is 24.1 Å². The van der Waals surface area contributed by atoms with Gasteiger partial charge in [0.05, 0.1) is 6.61 Å². The molecule has 102 valence electrons. The molecule has 19 heavy (non-hydrogen) atoms. The average molecular weight is 264 g/mol.